The third kappa shape index (κ3) is 2.75. The molecule has 0 bridgehead atoms. The third-order valence-corrected chi connectivity index (χ3v) is 4.79. The molecule has 0 radical (unpaired) electrons. The fourth-order valence-electron chi connectivity index (χ4n) is 3.34. The van der Waals surface area contributed by atoms with E-state index in [1.165, 1.54) is 44.9 Å². The predicted molar refractivity (Wildman–Crippen MR) is 63.6 cm³/mol. The van der Waals surface area contributed by atoms with E-state index in [1.54, 1.807) is 0 Å². The van der Waals surface area contributed by atoms with Crippen molar-refractivity contribution in [1.82, 2.24) is 0 Å². The predicted octanol–water partition coefficient (Wildman–Crippen LogP) is 3.61. The van der Waals surface area contributed by atoms with Gasteiger partial charge >= 0.3 is 0 Å². The van der Waals surface area contributed by atoms with E-state index in [1.807, 2.05) is 0 Å². The Balaban J connectivity index is 1.85. The molecule has 0 aromatic rings. The van der Waals surface area contributed by atoms with Gasteiger partial charge in [-0.05, 0) is 49.4 Å². The van der Waals surface area contributed by atoms with Gasteiger partial charge < -0.3 is 5.11 Å². The Morgan fingerprint density at radius 1 is 1.13 bits per heavy atom. The van der Waals surface area contributed by atoms with Crippen molar-refractivity contribution >= 4 is 0 Å². The third-order valence-electron chi connectivity index (χ3n) is 4.79. The first-order valence-corrected chi connectivity index (χ1v) is 6.90. The van der Waals surface area contributed by atoms with E-state index in [0.717, 1.165) is 11.8 Å². The van der Waals surface area contributed by atoms with Crippen molar-refractivity contribution < 1.29 is 5.11 Å². The van der Waals surface area contributed by atoms with Gasteiger partial charge in [0.15, 0.2) is 0 Å². The SMILES string of the molecule is CCC1CCCC(C(O)C(C)C2CC2)C1. The van der Waals surface area contributed by atoms with Crippen LogP contribution in [0.3, 0.4) is 0 Å². The summed E-state index contributed by atoms with van der Waals surface area (Å²) in [6.45, 7) is 4.56. The molecule has 15 heavy (non-hydrogen) atoms. The van der Waals surface area contributed by atoms with Gasteiger partial charge in [0.25, 0.3) is 0 Å². The smallest absolute Gasteiger partial charge is 0.0596 e. The summed E-state index contributed by atoms with van der Waals surface area (Å²) in [6.07, 6.45) is 9.33. The number of aliphatic hydroxyl groups excluding tert-OH is 1. The summed E-state index contributed by atoms with van der Waals surface area (Å²) < 4.78 is 0. The monoisotopic (exact) mass is 210 g/mol. The lowest BCUT2D eigenvalue weighted by Gasteiger charge is -2.34. The summed E-state index contributed by atoms with van der Waals surface area (Å²) in [5, 5.41) is 10.4. The van der Waals surface area contributed by atoms with E-state index in [2.05, 4.69) is 13.8 Å². The highest BCUT2D eigenvalue weighted by Crippen LogP contribution is 2.43. The summed E-state index contributed by atoms with van der Waals surface area (Å²) in [4.78, 5) is 0. The van der Waals surface area contributed by atoms with Crippen molar-refractivity contribution in [2.75, 3.05) is 0 Å². The molecule has 2 saturated carbocycles. The zero-order valence-electron chi connectivity index (χ0n) is 10.3. The Morgan fingerprint density at radius 2 is 1.87 bits per heavy atom. The lowest BCUT2D eigenvalue weighted by atomic mass is 9.74. The normalized spacial score (nSPS) is 36.2. The summed E-state index contributed by atoms with van der Waals surface area (Å²) in [5.41, 5.74) is 0. The Kier molecular flexibility index (Phi) is 3.71. The molecule has 88 valence electrons. The molecule has 2 aliphatic rings. The van der Waals surface area contributed by atoms with Crippen LogP contribution in [0, 0.1) is 23.7 Å². The van der Waals surface area contributed by atoms with Gasteiger partial charge in [-0.3, -0.25) is 0 Å². The van der Waals surface area contributed by atoms with Gasteiger partial charge in [0.1, 0.15) is 0 Å². The molecule has 1 heteroatoms. The van der Waals surface area contributed by atoms with Crippen LogP contribution < -0.4 is 0 Å². The van der Waals surface area contributed by atoms with E-state index >= 15 is 0 Å². The highest BCUT2D eigenvalue weighted by Gasteiger charge is 2.37. The van der Waals surface area contributed by atoms with Crippen LogP contribution in [0.15, 0.2) is 0 Å². The molecule has 0 aromatic heterocycles. The van der Waals surface area contributed by atoms with Gasteiger partial charge in [-0.15, -0.1) is 0 Å². The minimum atomic E-state index is -0.00755. The molecule has 0 aliphatic heterocycles. The Morgan fingerprint density at radius 3 is 2.47 bits per heavy atom. The largest absolute Gasteiger partial charge is 0.393 e. The lowest BCUT2D eigenvalue weighted by Crippen LogP contribution is -2.32. The van der Waals surface area contributed by atoms with Gasteiger partial charge in [-0.2, -0.15) is 0 Å². The molecular formula is C14H26O. The van der Waals surface area contributed by atoms with E-state index in [0.29, 0.717) is 11.8 Å². The molecule has 0 spiro atoms. The average molecular weight is 210 g/mol. The van der Waals surface area contributed by atoms with Crippen LogP contribution in [0.5, 0.6) is 0 Å². The van der Waals surface area contributed by atoms with Crippen LogP contribution in [0.25, 0.3) is 0 Å². The van der Waals surface area contributed by atoms with E-state index in [9.17, 15) is 5.11 Å². The number of aliphatic hydroxyl groups is 1. The first-order valence-electron chi connectivity index (χ1n) is 6.90. The van der Waals surface area contributed by atoms with Crippen molar-refractivity contribution in [1.29, 1.82) is 0 Å². The van der Waals surface area contributed by atoms with E-state index < -0.39 is 0 Å². The quantitative estimate of drug-likeness (QED) is 0.751. The fourth-order valence-corrected chi connectivity index (χ4v) is 3.34. The second kappa shape index (κ2) is 4.86. The van der Waals surface area contributed by atoms with Gasteiger partial charge in [0.2, 0.25) is 0 Å². The molecule has 4 atom stereocenters. The Bertz CT molecular complexity index is 198. The molecule has 4 unspecified atom stereocenters. The fraction of sp³-hybridized carbons (Fsp3) is 1.00. The van der Waals surface area contributed by atoms with Crippen molar-refractivity contribution in [2.45, 2.75) is 64.9 Å². The minimum Gasteiger partial charge on any atom is -0.393 e. The second-order valence-electron chi connectivity index (χ2n) is 5.89. The van der Waals surface area contributed by atoms with Gasteiger partial charge in [0, 0.05) is 0 Å². The number of hydrogen-bond acceptors (Lipinski definition) is 1. The number of hydrogen-bond donors (Lipinski definition) is 1. The first-order chi connectivity index (χ1) is 7.22. The van der Waals surface area contributed by atoms with Crippen molar-refractivity contribution in [3.63, 3.8) is 0 Å². The van der Waals surface area contributed by atoms with E-state index in [-0.39, 0.29) is 6.10 Å². The number of rotatable bonds is 4. The maximum Gasteiger partial charge on any atom is 0.0596 e. The maximum atomic E-state index is 10.4. The highest BCUT2D eigenvalue weighted by molar-refractivity contribution is 4.87. The molecule has 2 rings (SSSR count). The molecule has 2 fully saturated rings. The van der Waals surface area contributed by atoms with Crippen LogP contribution in [0.4, 0.5) is 0 Å². The molecule has 1 N–H and O–H groups in total. The zero-order chi connectivity index (χ0) is 10.8. The Labute approximate surface area is 94.3 Å². The highest BCUT2D eigenvalue weighted by atomic mass is 16.3. The lowest BCUT2D eigenvalue weighted by molar-refractivity contribution is 0.0203. The van der Waals surface area contributed by atoms with Crippen molar-refractivity contribution in [3.05, 3.63) is 0 Å². The van der Waals surface area contributed by atoms with E-state index in [4.69, 9.17) is 0 Å². The first kappa shape index (κ1) is 11.4. The Hall–Kier alpha value is -0.0400. The standard InChI is InChI=1S/C14H26O/c1-3-11-5-4-6-13(9-11)14(15)10(2)12-7-8-12/h10-15H,3-9H2,1-2H3. The molecule has 0 heterocycles. The molecule has 2 aliphatic carbocycles. The second-order valence-corrected chi connectivity index (χ2v) is 5.89. The molecule has 1 nitrogen and oxygen atoms in total. The topological polar surface area (TPSA) is 20.2 Å². The van der Waals surface area contributed by atoms with Gasteiger partial charge in [-0.25, -0.2) is 0 Å². The maximum absolute atomic E-state index is 10.4. The van der Waals surface area contributed by atoms with Crippen molar-refractivity contribution in [3.8, 4) is 0 Å². The summed E-state index contributed by atoms with van der Waals surface area (Å²) in [7, 11) is 0. The molecular weight excluding hydrogens is 184 g/mol. The molecule has 0 amide bonds. The zero-order valence-corrected chi connectivity index (χ0v) is 10.3. The van der Waals surface area contributed by atoms with Crippen LogP contribution in [-0.4, -0.2) is 11.2 Å². The van der Waals surface area contributed by atoms with Gasteiger partial charge in [0.05, 0.1) is 6.10 Å². The minimum absolute atomic E-state index is 0.00755. The average Bonchev–Trinajstić information content (AvgIpc) is 3.11. The van der Waals surface area contributed by atoms with Gasteiger partial charge in [-0.1, -0.05) is 33.1 Å². The van der Waals surface area contributed by atoms with Crippen LogP contribution >= 0.6 is 0 Å². The molecule has 0 saturated heterocycles. The van der Waals surface area contributed by atoms with Crippen LogP contribution in [0.1, 0.15) is 58.8 Å². The summed E-state index contributed by atoms with van der Waals surface area (Å²) >= 11 is 0. The summed E-state index contributed by atoms with van der Waals surface area (Å²) in [6, 6.07) is 0. The summed E-state index contributed by atoms with van der Waals surface area (Å²) in [5.74, 6) is 2.91. The van der Waals surface area contributed by atoms with Crippen LogP contribution in [-0.2, 0) is 0 Å². The molecule has 0 aromatic carbocycles. The van der Waals surface area contributed by atoms with Crippen LogP contribution in [0.2, 0.25) is 0 Å². The van der Waals surface area contributed by atoms with Crippen molar-refractivity contribution in [2.24, 2.45) is 23.7 Å².